The second kappa shape index (κ2) is 8.90. The zero-order valence-corrected chi connectivity index (χ0v) is 14.4. The average Bonchev–Trinajstić information content (AvgIpc) is 2.69. The zero-order valence-electron chi connectivity index (χ0n) is 14.4. The third-order valence-corrected chi connectivity index (χ3v) is 3.99. The highest BCUT2D eigenvalue weighted by Crippen LogP contribution is 2.15. The van der Waals surface area contributed by atoms with Crippen molar-refractivity contribution in [2.24, 2.45) is 0 Å². The van der Waals surface area contributed by atoms with E-state index in [2.05, 4.69) is 41.7 Å². The topological polar surface area (TPSA) is 30.5 Å². The molecule has 128 valence electrons. The summed E-state index contributed by atoms with van der Waals surface area (Å²) in [4.78, 5) is 0. The highest BCUT2D eigenvalue weighted by atomic mass is 16.5. The lowest BCUT2D eigenvalue weighted by atomic mass is 10.2. The van der Waals surface area contributed by atoms with Crippen LogP contribution in [0.3, 0.4) is 0 Å². The first-order valence-electron chi connectivity index (χ1n) is 8.43. The van der Waals surface area contributed by atoms with Crippen molar-refractivity contribution in [2.75, 3.05) is 7.11 Å². The van der Waals surface area contributed by atoms with Gasteiger partial charge in [-0.3, -0.25) is 0 Å². The molecule has 0 radical (unpaired) electrons. The first-order valence-corrected chi connectivity index (χ1v) is 8.43. The molecule has 1 N–H and O–H groups in total. The van der Waals surface area contributed by atoms with Crippen molar-refractivity contribution in [2.45, 2.75) is 19.7 Å². The Balaban J connectivity index is 1.44. The second-order valence-corrected chi connectivity index (χ2v) is 5.87. The third kappa shape index (κ3) is 5.37. The Kier molecular flexibility index (Phi) is 6.07. The van der Waals surface area contributed by atoms with Crippen molar-refractivity contribution in [1.29, 1.82) is 0 Å². The largest absolute Gasteiger partial charge is 0.497 e. The summed E-state index contributed by atoms with van der Waals surface area (Å²) in [5.41, 5.74) is 3.65. The van der Waals surface area contributed by atoms with Gasteiger partial charge in [-0.2, -0.15) is 0 Å². The monoisotopic (exact) mass is 333 g/mol. The van der Waals surface area contributed by atoms with Crippen LogP contribution in [-0.2, 0) is 19.7 Å². The minimum absolute atomic E-state index is 0.593. The summed E-state index contributed by atoms with van der Waals surface area (Å²) < 4.78 is 11.0. The lowest BCUT2D eigenvalue weighted by Gasteiger charge is -2.09. The van der Waals surface area contributed by atoms with Crippen LogP contribution in [0, 0.1) is 0 Å². The summed E-state index contributed by atoms with van der Waals surface area (Å²) >= 11 is 0. The molecule has 0 bridgehead atoms. The summed E-state index contributed by atoms with van der Waals surface area (Å²) in [5.74, 6) is 1.78. The van der Waals surface area contributed by atoms with E-state index in [9.17, 15) is 0 Å². The molecule has 0 atom stereocenters. The van der Waals surface area contributed by atoms with Crippen molar-refractivity contribution in [3.63, 3.8) is 0 Å². The molecule has 3 aromatic carbocycles. The Hall–Kier alpha value is -2.78. The maximum Gasteiger partial charge on any atom is 0.119 e. The van der Waals surface area contributed by atoms with Gasteiger partial charge in [-0.25, -0.2) is 0 Å². The Morgan fingerprint density at radius 2 is 1.20 bits per heavy atom. The highest BCUT2D eigenvalue weighted by Gasteiger charge is 1.98. The molecule has 3 nitrogen and oxygen atoms in total. The molecule has 3 heteroatoms. The van der Waals surface area contributed by atoms with Gasteiger partial charge >= 0.3 is 0 Å². The van der Waals surface area contributed by atoms with Gasteiger partial charge in [0.2, 0.25) is 0 Å². The van der Waals surface area contributed by atoms with E-state index in [0.29, 0.717) is 6.61 Å². The van der Waals surface area contributed by atoms with Crippen LogP contribution in [0.15, 0.2) is 78.9 Å². The lowest BCUT2D eigenvalue weighted by molar-refractivity contribution is 0.306. The van der Waals surface area contributed by atoms with E-state index in [-0.39, 0.29) is 0 Å². The number of methoxy groups -OCH3 is 1. The Bertz CT molecular complexity index is 752. The normalized spacial score (nSPS) is 10.4. The average molecular weight is 333 g/mol. The maximum absolute atomic E-state index is 5.81. The minimum Gasteiger partial charge on any atom is -0.497 e. The van der Waals surface area contributed by atoms with Crippen molar-refractivity contribution in [3.8, 4) is 11.5 Å². The fraction of sp³-hybridized carbons (Fsp3) is 0.182. The molecule has 0 aliphatic carbocycles. The first-order chi connectivity index (χ1) is 12.3. The molecule has 0 amide bonds. The predicted octanol–water partition coefficient (Wildman–Crippen LogP) is 4.56. The molecule has 25 heavy (non-hydrogen) atoms. The zero-order chi connectivity index (χ0) is 17.3. The minimum atomic E-state index is 0.593. The lowest BCUT2D eigenvalue weighted by Crippen LogP contribution is -2.12. The smallest absolute Gasteiger partial charge is 0.119 e. The molecule has 0 aliphatic rings. The molecule has 0 fully saturated rings. The van der Waals surface area contributed by atoms with Crippen molar-refractivity contribution in [1.82, 2.24) is 5.32 Å². The van der Waals surface area contributed by atoms with Gasteiger partial charge in [0.25, 0.3) is 0 Å². The third-order valence-electron chi connectivity index (χ3n) is 3.99. The molecule has 0 aromatic heterocycles. The Morgan fingerprint density at radius 1 is 0.640 bits per heavy atom. The number of nitrogens with one attached hydrogen (secondary N) is 1. The molecule has 0 heterocycles. The van der Waals surface area contributed by atoms with Gasteiger partial charge in [0, 0.05) is 13.1 Å². The molecular formula is C22H23NO2. The van der Waals surface area contributed by atoms with Crippen LogP contribution in [0.25, 0.3) is 0 Å². The number of benzene rings is 3. The molecule has 3 rings (SSSR count). The standard InChI is InChI=1S/C22H23NO2/c1-24-21-11-7-18(8-12-21)15-23-16-19-9-13-22(14-10-19)25-17-20-5-3-2-4-6-20/h2-14,23H,15-17H2,1H3. The van der Waals surface area contributed by atoms with Crippen LogP contribution < -0.4 is 14.8 Å². The summed E-state index contributed by atoms with van der Waals surface area (Å²) in [5, 5.41) is 3.45. The summed E-state index contributed by atoms with van der Waals surface area (Å²) in [6.07, 6.45) is 0. The van der Waals surface area contributed by atoms with Crippen molar-refractivity contribution >= 4 is 0 Å². The molecule has 0 aliphatic heterocycles. The van der Waals surface area contributed by atoms with Crippen LogP contribution in [0.2, 0.25) is 0 Å². The molecule has 3 aromatic rings. The van der Waals surface area contributed by atoms with Crippen molar-refractivity contribution in [3.05, 3.63) is 95.6 Å². The fourth-order valence-electron chi connectivity index (χ4n) is 2.54. The highest BCUT2D eigenvalue weighted by molar-refractivity contribution is 5.29. The van der Waals surface area contributed by atoms with Crippen LogP contribution in [0.5, 0.6) is 11.5 Å². The van der Waals surface area contributed by atoms with E-state index >= 15 is 0 Å². The first kappa shape index (κ1) is 17.1. The van der Waals surface area contributed by atoms with E-state index in [1.165, 1.54) is 16.7 Å². The van der Waals surface area contributed by atoms with E-state index in [4.69, 9.17) is 9.47 Å². The van der Waals surface area contributed by atoms with E-state index in [0.717, 1.165) is 24.6 Å². The molecule has 0 spiro atoms. The van der Waals surface area contributed by atoms with Gasteiger partial charge in [0.1, 0.15) is 18.1 Å². The van der Waals surface area contributed by atoms with Crippen LogP contribution >= 0.6 is 0 Å². The Morgan fingerprint density at radius 3 is 1.76 bits per heavy atom. The molecule has 0 unspecified atom stereocenters. The quantitative estimate of drug-likeness (QED) is 0.655. The van der Waals surface area contributed by atoms with Crippen LogP contribution in [0.1, 0.15) is 16.7 Å². The van der Waals surface area contributed by atoms with Gasteiger partial charge in [-0.05, 0) is 41.0 Å². The van der Waals surface area contributed by atoms with Crippen molar-refractivity contribution < 1.29 is 9.47 Å². The van der Waals surface area contributed by atoms with Gasteiger partial charge in [0.05, 0.1) is 7.11 Å². The summed E-state index contributed by atoms with van der Waals surface area (Å²) in [6, 6.07) is 26.5. The molecule has 0 saturated carbocycles. The maximum atomic E-state index is 5.81. The molecular weight excluding hydrogens is 310 g/mol. The molecule has 0 saturated heterocycles. The van der Waals surface area contributed by atoms with Gasteiger partial charge in [-0.1, -0.05) is 54.6 Å². The van der Waals surface area contributed by atoms with E-state index in [1.807, 2.05) is 42.5 Å². The predicted molar refractivity (Wildman–Crippen MR) is 101 cm³/mol. The SMILES string of the molecule is COc1ccc(CNCc2ccc(OCc3ccccc3)cc2)cc1. The van der Waals surface area contributed by atoms with E-state index in [1.54, 1.807) is 7.11 Å². The second-order valence-electron chi connectivity index (χ2n) is 5.87. The van der Waals surface area contributed by atoms with Crippen LogP contribution in [0.4, 0.5) is 0 Å². The number of hydrogen-bond donors (Lipinski definition) is 1. The van der Waals surface area contributed by atoms with E-state index < -0.39 is 0 Å². The Labute approximate surface area is 149 Å². The fourth-order valence-corrected chi connectivity index (χ4v) is 2.54. The summed E-state index contributed by atoms with van der Waals surface area (Å²) in [7, 11) is 1.68. The number of hydrogen-bond acceptors (Lipinski definition) is 3. The van der Waals surface area contributed by atoms with Gasteiger partial charge in [0.15, 0.2) is 0 Å². The number of ether oxygens (including phenoxy) is 2. The van der Waals surface area contributed by atoms with Gasteiger partial charge < -0.3 is 14.8 Å². The van der Waals surface area contributed by atoms with Crippen LogP contribution in [-0.4, -0.2) is 7.11 Å². The summed E-state index contributed by atoms with van der Waals surface area (Å²) in [6.45, 7) is 2.25. The number of rotatable bonds is 8. The van der Waals surface area contributed by atoms with Gasteiger partial charge in [-0.15, -0.1) is 0 Å².